The molecule has 1 aromatic carbocycles. The van der Waals surface area contributed by atoms with Gasteiger partial charge in [-0.1, -0.05) is 30.3 Å². The predicted octanol–water partition coefficient (Wildman–Crippen LogP) is 2.11. The van der Waals surface area contributed by atoms with E-state index in [-0.39, 0.29) is 12.8 Å². The molecule has 0 spiro atoms. The van der Waals surface area contributed by atoms with Crippen molar-refractivity contribution in [3.63, 3.8) is 0 Å². The molecular formula is C17H16O4. The second kappa shape index (κ2) is 8.45. The Balaban J connectivity index is 2.92. The molecule has 0 heterocycles. The molecule has 1 rings (SSSR count). The van der Waals surface area contributed by atoms with Gasteiger partial charge in [0, 0.05) is 18.4 Å². The topological polar surface area (TPSA) is 52.6 Å². The van der Waals surface area contributed by atoms with E-state index in [1.54, 1.807) is 30.3 Å². The molecule has 0 N–H and O–H groups in total. The molecule has 0 radical (unpaired) electrons. The molecule has 0 aliphatic heterocycles. The Morgan fingerprint density at radius 3 is 2.14 bits per heavy atom. The number of terminal acetylenes is 2. The molecule has 4 nitrogen and oxygen atoms in total. The van der Waals surface area contributed by atoms with Crippen molar-refractivity contribution in [2.24, 2.45) is 5.92 Å². The number of methoxy groups -OCH3 is 1. The van der Waals surface area contributed by atoms with Crippen LogP contribution in [0.3, 0.4) is 0 Å². The molecule has 4 heteroatoms. The highest BCUT2D eigenvalue weighted by atomic mass is 16.6. The Hall–Kier alpha value is -2.72. The van der Waals surface area contributed by atoms with Crippen LogP contribution in [0.2, 0.25) is 0 Å². The summed E-state index contributed by atoms with van der Waals surface area (Å²) >= 11 is 0. The third-order valence-electron chi connectivity index (χ3n) is 2.81. The summed E-state index contributed by atoms with van der Waals surface area (Å²) in [4.78, 5) is 23.9. The SMILES string of the molecule is C#CCC(CC#C)C(=O)O[C@H](C(=O)OC)c1ccccc1. The van der Waals surface area contributed by atoms with Gasteiger partial charge < -0.3 is 9.47 Å². The van der Waals surface area contributed by atoms with Crippen LogP contribution in [0.5, 0.6) is 0 Å². The lowest BCUT2D eigenvalue weighted by Gasteiger charge is -2.18. The fourth-order valence-corrected chi connectivity index (χ4v) is 1.72. The largest absolute Gasteiger partial charge is 0.466 e. The highest BCUT2D eigenvalue weighted by Gasteiger charge is 2.29. The van der Waals surface area contributed by atoms with E-state index in [2.05, 4.69) is 16.6 Å². The van der Waals surface area contributed by atoms with E-state index in [1.807, 2.05) is 0 Å². The normalized spacial score (nSPS) is 11.0. The van der Waals surface area contributed by atoms with E-state index < -0.39 is 24.0 Å². The molecule has 0 saturated heterocycles. The van der Waals surface area contributed by atoms with E-state index >= 15 is 0 Å². The highest BCUT2D eigenvalue weighted by Crippen LogP contribution is 2.22. The Bertz CT molecular complexity index is 547. The lowest BCUT2D eigenvalue weighted by Crippen LogP contribution is -2.25. The molecule has 0 fully saturated rings. The molecule has 0 aliphatic rings. The lowest BCUT2D eigenvalue weighted by molar-refractivity contribution is -0.169. The average Bonchev–Trinajstić information content (AvgIpc) is 2.52. The van der Waals surface area contributed by atoms with Crippen LogP contribution in [0.15, 0.2) is 30.3 Å². The van der Waals surface area contributed by atoms with Gasteiger partial charge in [-0.3, -0.25) is 4.79 Å². The van der Waals surface area contributed by atoms with E-state index in [4.69, 9.17) is 17.6 Å². The van der Waals surface area contributed by atoms with Crippen molar-refractivity contribution in [1.29, 1.82) is 0 Å². The number of ether oxygens (including phenoxy) is 2. The van der Waals surface area contributed by atoms with Gasteiger partial charge in [-0.15, -0.1) is 24.7 Å². The quantitative estimate of drug-likeness (QED) is 0.593. The first-order valence-corrected chi connectivity index (χ1v) is 6.34. The summed E-state index contributed by atoms with van der Waals surface area (Å²) in [6, 6.07) is 8.61. The maximum absolute atomic E-state index is 12.1. The third kappa shape index (κ3) is 4.71. The average molecular weight is 284 g/mol. The smallest absolute Gasteiger partial charge is 0.351 e. The fraction of sp³-hybridized carbons (Fsp3) is 0.294. The minimum absolute atomic E-state index is 0.158. The van der Waals surface area contributed by atoms with Gasteiger partial charge in [0.2, 0.25) is 6.10 Å². The molecule has 1 aromatic rings. The van der Waals surface area contributed by atoms with Crippen LogP contribution in [-0.4, -0.2) is 19.0 Å². The highest BCUT2D eigenvalue weighted by molar-refractivity contribution is 5.81. The molecular weight excluding hydrogens is 268 g/mol. The first kappa shape index (κ1) is 16.3. The summed E-state index contributed by atoms with van der Waals surface area (Å²) in [7, 11) is 1.23. The van der Waals surface area contributed by atoms with Crippen molar-refractivity contribution in [3.8, 4) is 24.7 Å². The van der Waals surface area contributed by atoms with E-state index in [0.717, 1.165) is 0 Å². The van der Waals surface area contributed by atoms with Gasteiger partial charge in [0.1, 0.15) is 0 Å². The molecule has 1 atom stereocenters. The summed E-state index contributed by atoms with van der Waals surface area (Å²) in [6.07, 6.45) is 9.61. The number of benzene rings is 1. The van der Waals surface area contributed by atoms with Crippen LogP contribution in [0, 0.1) is 30.6 Å². The summed E-state index contributed by atoms with van der Waals surface area (Å²) < 4.78 is 9.92. The minimum atomic E-state index is -1.12. The van der Waals surface area contributed by atoms with Crippen molar-refractivity contribution in [2.45, 2.75) is 18.9 Å². The first-order chi connectivity index (χ1) is 10.1. The summed E-state index contributed by atoms with van der Waals surface area (Å²) in [5.74, 6) is 2.86. The maximum Gasteiger partial charge on any atom is 0.351 e. The number of rotatable bonds is 6. The molecule has 0 saturated carbocycles. The first-order valence-electron chi connectivity index (χ1n) is 6.34. The molecule has 0 unspecified atom stereocenters. The zero-order valence-corrected chi connectivity index (χ0v) is 11.7. The van der Waals surface area contributed by atoms with Crippen molar-refractivity contribution in [1.82, 2.24) is 0 Å². The van der Waals surface area contributed by atoms with Gasteiger partial charge in [-0.2, -0.15) is 0 Å². The molecule has 0 aromatic heterocycles. The van der Waals surface area contributed by atoms with Crippen LogP contribution in [0.4, 0.5) is 0 Å². The monoisotopic (exact) mass is 284 g/mol. The second-order valence-corrected chi connectivity index (χ2v) is 4.26. The van der Waals surface area contributed by atoms with Crippen molar-refractivity contribution >= 4 is 11.9 Å². The summed E-state index contributed by atoms with van der Waals surface area (Å²) in [6.45, 7) is 0. The standard InChI is InChI=1S/C17H16O4/c1-4-9-14(10-5-2)16(18)21-15(17(19)20-3)13-11-7-6-8-12-13/h1-2,6-8,11-12,14-15H,9-10H2,3H3/t15-/m0/s1. The molecule has 108 valence electrons. The van der Waals surface area contributed by atoms with Gasteiger partial charge in [0.15, 0.2) is 0 Å². The maximum atomic E-state index is 12.1. The summed E-state index contributed by atoms with van der Waals surface area (Å²) in [5.41, 5.74) is 0.526. The number of esters is 2. The Labute approximate surface area is 124 Å². The molecule has 0 amide bonds. The third-order valence-corrected chi connectivity index (χ3v) is 2.81. The molecule has 0 bridgehead atoms. The van der Waals surface area contributed by atoms with Gasteiger partial charge in [-0.25, -0.2) is 4.79 Å². The van der Waals surface area contributed by atoms with Crippen LogP contribution < -0.4 is 0 Å². The number of carbonyl (C=O) groups excluding carboxylic acids is 2. The fourth-order valence-electron chi connectivity index (χ4n) is 1.72. The van der Waals surface area contributed by atoms with Crippen LogP contribution in [0.25, 0.3) is 0 Å². The zero-order valence-electron chi connectivity index (χ0n) is 11.7. The van der Waals surface area contributed by atoms with Gasteiger partial charge >= 0.3 is 11.9 Å². The second-order valence-electron chi connectivity index (χ2n) is 4.26. The van der Waals surface area contributed by atoms with E-state index in [0.29, 0.717) is 5.56 Å². The van der Waals surface area contributed by atoms with Crippen LogP contribution >= 0.6 is 0 Å². The number of carbonyl (C=O) groups is 2. The molecule has 0 aliphatic carbocycles. The number of hydrogen-bond donors (Lipinski definition) is 0. The molecule has 21 heavy (non-hydrogen) atoms. The van der Waals surface area contributed by atoms with Crippen molar-refractivity contribution < 1.29 is 19.1 Å². The predicted molar refractivity (Wildman–Crippen MR) is 77.7 cm³/mol. The van der Waals surface area contributed by atoms with Crippen molar-refractivity contribution in [2.75, 3.05) is 7.11 Å². The summed E-state index contributed by atoms with van der Waals surface area (Å²) in [5, 5.41) is 0. The minimum Gasteiger partial charge on any atom is -0.466 e. The Morgan fingerprint density at radius 1 is 1.10 bits per heavy atom. The van der Waals surface area contributed by atoms with Crippen LogP contribution in [0.1, 0.15) is 24.5 Å². The van der Waals surface area contributed by atoms with Gasteiger partial charge in [0.05, 0.1) is 13.0 Å². The lowest BCUT2D eigenvalue weighted by atomic mass is 10.0. The number of hydrogen-bond acceptors (Lipinski definition) is 4. The van der Waals surface area contributed by atoms with Gasteiger partial charge in [-0.05, 0) is 0 Å². The van der Waals surface area contributed by atoms with Crippen LogP contribution in [-0.2, 0) is 19.1 Å². The van der Waals surface area contributed by atoms with Gasteiger partial charge in [0.25, 0.3) is 0 Å². The van der Waals surface area contributed by atoms with E-state index in [1.165, 1.54) is 7.11 Å². The Morgan fingerprint density at radius 2 is 1.67 bits per heavy atom. The van der Waals surface area contributed by atoms with Crippen molar-refractivity contribution in [3.05, 3.63) is 35.9 Å². The zero-order chi connectivity index (χ0) is 15.7. The Kier molecular flexibility index (Phi) is 6.57. The van der Waals surface area contributed by atoms with E-state index in [9.17, 15) is 9.59 Å².